The summed E-state index contributed by atoms with van der Waals surface area (Å²) in [5, 5.41) is 19.7. The molecule has 2 amide bonds. The van der Waals surface area contributed by atoms with E-state index in [0.717, 1.165) is 0 Å². The molecule has 3 rings (SSSR count). The Kier molecular flexibility index (Phi) is 4.65. The van der Waals surface area contributed by atoms with Crippen LogP contribution in [0.4, 0.5) is 5.69 Å². The first kappa shape index (κ1) is 17.3. The third-order valence-electron chi connectivity index (χ3n) is 4.80. The molecule has 1 aromatic carbocycles. The second-order valence-electron chi connectivity index (χ2n) is 6.17. The molecule has 7 heteroatoms. The van der Waals surface area contributed by atoms with Crippen LogP contribution in [-0.2, 0) is 15.1 Å². The molecule has 0 bridgehead atoms. The van der Waals surface area contributed by atoms with E-state index in [9.17, 15) is 20.1 Å². The van der Waals surface area contributed by atoms with Crippen molar-refractivity contribution >= 4 is 29.1 Å². The Morgan fingerprint density at radius 3 is 2.80 bits per heavy atom. The first-order valence-electron chi connectivity index (χ1n) is 8.21. The van der Waals surface area contributed by atoms with Crippen molar-refractivity contribution in [1.29, 1.82) is 10.5 Å². The summed E-state index contributed by atoms with van der Waals surface area (Å²) >= 11 is 5.69. The number of rotatable bonds is 3. The number of carbonyl (C=O) groups excluding carboxylic acids is 2. The van der Waals surface area contributed by atoms with Crippen LogP contribution in [0.5, 0.6) is 0 Å². The average molecular weight is 357 g/mol. The van der Waals surface area contributed by atoms with Crippen LogP contribution in [0.3, 0.4) is 0 Å². The normalized spacial score (nSPS) is 24.8. The van der Waals surface area contributed by atoms with E-state index in [0.29, 0.717) is 36.4 Å². The molecule has 25 heavy (non-hydrogen) atoms. The minimum absolute atomic E-state index is 0.178. The first-order valence-corrected chi connectivity index (χ1v) is 8.74. The molecule has 0 aromatic heterocycles. The Morgan fingerprint density at radius 2 is 2.12 bits per heavy atom. The van der Waals surface area contributed by atoms with Gasteiger partial charge in [-0.1, -0.05) is 18.2 Å². The standard InChI is InChI=1S/C18H17ClN4O2/c19-10-4-8-16(24)22-14-6-2-1-5-13(14)18(12-21)9-3-7-17(25)23(18)15(22)11-20/h1-2,5-6,15H,3-4,7-10H2. The first-order chi connectivity index (χ1) is 12.1. The molecule has 1 saturated heterocycles. The van der Waals surface area contributed by atoms with Gasteiger partial charge >= 0.3 is 0 Å². The summed E-state index contributed by atoms with van der Waals surface area (Å²) in [6.07, 6.45) is 0.841. The van der Waals surface area contributed by atoms with Crippen molar-refractivity contribution in [3.8, 4) is 12.1 Å². The lowest BCUT2D eigenvalue weighted by molar-refractivity contribution is -0.143. The zero-order valence-corrected chi connectivity index (χ0v) is 14.4. The zero-order chi connectivity index (χ0) is 18.0. The molecule has 2 heterocycles. The Morgan fingerprint density at radius 1 is 1.36 bits per heavy atom. The topological polar surface area (TPSA) is 88.2 Å². The van der Waals surface area contributed by atoms with Crippen molar-refractivity contribution in [3.05, 3.63) is 29.8 Å². The second-order valence-corrected chi connectivity index (χ2v) is 6.54. The van der Waals surface area contributed by atoms with Gasteiger partial charge in [-0.05, 0) is 25.3 Å². The van der Waals surface area contributed by atoms with Crippen molar-refractivity contribution in [3.63, 3.8) is 0 Å². The summed E-state index contributed by atoms with van der Waals surface area (Å²) in [6.45, 7) is 0. The van der Waals surface area contributed by atoms with Crippen LogP contribution in [-0.4, -0.2) is 28.8 Å². The Bertz CT molecular complexity index is 797. The third-order valence-corrected chi connectivity index (χ3v) is 5.07. The van der Waals surface area contributed by atoms with Crippen molar-refractivity contribution in [2.75, 3.05) is 10.8 Å². The molecule has 2 aliphatic rings. The number of piperidine rings is 1. The van der Waals surface area contributed by atoms with Gasteiger partial charge in [0.25, 0.3) is 0 Å². The molecular formula is C18H17ClN4O2. The van der Waals surface area contributed by atoms with Gasteiger partial charge in [-0.15, -0.1) is 11.6 Å². The number of benzene rings is 1. The molecule has 0 spiro atoms. The fourth-order valence-electron chi connectivity index (χ4n) is 3.73. The number of anilines is 1. The predicted octanol–water partition coefficient (Wildman–Crippen LogP) is 2.63. The van der Waals surface area contributed by atoms with E-state index in [2.05, 4.69) is 12.1 Å². The van der Waals surface area contributed by atoms with Crippen LogP contribution in [0, 0.1) is 22.7 Å². The van der Waals surface area contributed by atoms with Gasteiger partial charge in [-0.25, -0.2) is 0 Å². The highest BCUT2D eigenvalue weighted by Crippen LogP contribution is 2.48. The van der Waals surface area contributed by atoms with Gasteiger partial charge < -0.3 is 0 Å². The Labute approximate surface area is 151 Å². The van der Waals surface area contributed by atoms with E-state index in [1.807, 2.05) is 0 Å². The van der Waals surface area contributed by atoms with Gasteiger partial charge in [0, 0.05) is 24.3 Å². The van der Waals surface area contributed by atoms with Crippen LogP contribution >= 0.6 is 11.6 Å². The smallest absolute Gasteiger partial charge is 0.229 e. The fourth-order valence-corrected chi connectivity index (χ4v) is 3.87. The van der Waals surface area contributed by atoms with Crippen LogP contribution in [0.25, 0.3) is 0 Å². The highest BCUT2D eigenvalue weighted by Gasteiger charge is 2.55. The minimum Gasteiger partial charge on any atom is -0.286 e. The maximum Gasteiger partial charge on any atom is 0.229 e. The molecule has 0 saturated carbocycles. The highest BCUT2D eigenvalue weighted by atomic mass is 35.5. The Balaban J connectivity index is 2.21. The van der Waals surface area contributed by atoms with Crippen LogP contribution in [0.15, 0.2) is 24.3 Å². The molecule has 128 valence electrons. The van der Waals surface area contributed by atoms with Gasteiger partial charge in [0.2, 0.25) is 18.0 Å². The molecule has 2 atom stereocenters. The lowest BCUT2D eigenvalue weighted by atomic mass is 9.77. The summed E-state index contributed by atoms with van der Waals surface area (Å²) in [6, 6.07) is 11.4. The number of nitrogens with zero attached hydrogens (tertiary/aromatic N) is 4. The average Bonchev–Trinajstić information content (AvgIpc) is 2.65. The number of nitriles is 2. The van der Waals surface area contributed by atoms with Crippen molar-refractivity contribution in [2.45, 2.75) is 43.8 Å². The number of fused-ring (bicyclic) bond motifs is 3. The van der Waals surface area contributed by atoms with Gasteiger partial charge in [0.15, 0.2) is 5.54 Å². The second kappa shape index (κ2) is 6.74. The highest BCUT2D eigenvalue weighted by molar-refractivity contribution is 6.18. The maximum atomic E-state index is 12.8. The quantitative estimate of drug-likeness (QED) is 0.779. The monoisotopic (exact) mass is 356 g/mol. The van der Waals surface area contributed by atoms with Crippen molar-refractivity contribution < 1.29 is 9.59 Å². The molecule has 2 unspecified atom stereocenters. The van der Waals surface area contributed by atoms with E-state index in [1.165, 1.54) is 9.80 Å². The fraction of sp³-hybridized carbons (Fsp3) is 0.444. The molecule has 0 radical (unpaired) electrons. The van der Waals surface area contributed by atoms with Gasteiger partial charge in [0.1, 0.15) is 6.07 Å². The predicted molar refractivity (Wildman–Crippen MR) is 91.3 cm³/mol. The minimum atomic E-state index is -1.20. The van der Waals surface area contributed by atoms with Gasteiger partial charge in [-0.2, -0.15) is 10.5 Å². The Hall–Kier alpha value is -2.57. The number of hydrogen-bond donors (Lipinski definition) is 0. The molecule has 0 N–H and O–H groups in total. The molecule has 1 fully saturated rings. The SMILES string of the molecule is N#CC1N(C(=O)CCCCl)c2ccccc2C2(C#N)CCCC(=O)N12. The lowest BCUT2D eigenvalue weighted by Gasteiger charge is -2.52. The number of carbonyl (C=O) groups is 2. The third kappa shape index (κ3) is 2.54. The molecule has 0 aliphatic carbocycles. The number of para-hydroxylation sites is 1. The van der Waals surface area contributed by atoms with Crippen molar-refractivity contribution in [1.82, 2.24) is 4.90 Å². The number of alkyl halides is 1. The van der Waals surface area contributed by atoms with Crippen LogP contribution < -0.4 is 4.90 Å². The van der Waals surface area contributed by atoms with E-state index in [4.69, 9.17) is 11.6 Å². The van der Waals surface area contributed by atoms with Crippen LogP contribution in [0.2, 0.25) is 0 Å². The summed E-state index contributed by atoms with van der Waals surface area (Å²) < 4.78 is 0. The lowest BCUT2D eigenvalue weighted by Crippen LogP contribution is -2.65. The molecule has 1 aromatic rings. The van der Waals surface area contributed by atoms with Gasteiger partial charge in [-0.3, -0.25) is 19.4 Å². The number of amides is 2. The summed E-state index contributed by atoms with van der Waals surface area (Å²) in [4.78, 5) is 28.0. The largest absolute Gasteiger partial charge is 0.286 e. The molecule has 2 aliphatic heterocycles. The number of halogens is 1. The molecule has 6 nitrogen and oxygen atoms in total. The summed E-state index contributed by atoms with van der Waals surface area (Å²) in [7, 11) is 0. The van der Waals surface area contributed by atoms with Gasteiger partial charge in [0.05, 0.1) is 11.8 Å². The van der Waals surface area contributed by atoms with E-state index in [1.54, 1.807) is 24.3 Å². The molecular weight excluding hydrogens is 340 g/mol. The summed E-state index contributed by atoms with van der Waals surface area (Å²) in [5.74, 6) is -0.211. The van der Waals surface area contributed by atoms with E-state index < -0.39 is 11.7 Å². The van der Waals surface area contributed by atoms with E-state index >= 15 is 0 Å². The maximum absolute atomic E-state index is 12.8. The van der Waals surface area contributed by atoms with E-state index in [-0.39, 0.29) is 24.7 Å². The zero-order valence-electron chi connectivity index (χ0n) is 13.6. The summed E-state index contributed by atoms with van der Waals surface area (Å²) in [5.41, 5.74) is -0.0623. The number of hydrogen-bond acceptors (Lipinski definition) is 4. The van der Waals surface area contributed by atoms with Crippen LogP contribution in [0.1, 0.15) is 37.7 Å². The van der Waals surface area contributed by atoms with Crippen molar-refractivity contribution in [2.24, 2.45) is 0 Å².